The van der Waals surface area contributed by atoms with Gasteiger partial charge in [-0.05, 0) is 42.7 Å². The smallest absolute Gasteiger partial charge is 0.146 e. The van der Waals surface area contributed by atoms with E-state index in [2.05, 4.69) is 0 Å². The van der Waals surface area contributed by atoms with Gasteiger partial charge in [-0.2, -0.15) is 0 Å². The summed E-state index contributed by atoms with van der Waals surface area (Å²) < 4.78 is 12.9. The predicted octanol–water partition coefficient (Wildman–Crippen LogP) is 2.84. The van der Waals surface area contributed by atoms with Gasteiger partial charge in [-0.1, -0.05) is 30.3 Å². The van der Waals surface area contributed by atoms with Crippen LogP contribution in [0.4, 0.5) is 0 Å². The van der Waals surface area contributed by atoms with Gasteiger partial charge in [0.2, 0.25) is 0 Å². The highest BCUT2D eigenvalue weighted by Gasteiger charge is 2.16. The van der Waals surface area contributed by atoms with Crippen molar-refractivity contribution in [1.29, 1.82) is 0 Å². The van der Waals surface area contributed by atoms with Crippen LogP contribution < -0.4 is 14.6 Å². The molecule has 0 aliphatic rings. The molecule has 5 heteroatoms. The molecule has 5 nitrogen and oxygen atoms in total. The molecule has 0 saturated carbocycles. The number of aryl methyl sites for hydroxylation is 1. The van der Waals surface area contributed by atoms with Crippen molar-refractivity contribution < 1.29 is 19.4 Å². The van der Waals surface area contributed by atoms with Gasteiger partial charge in [-0.25, -0.2) is 0 Å². The number of aromatic nitrogens is 1. The van der Waals surface area contributed by atoms with Crippen molar-refractivity contribution in [3.63, 3.8) is 0 Å². The summed E-state index contributed by atoms with van der Waals surface area (Å²) in [5.41, 5.74) is 3.69. The first-order valence-electron chi connectivity index (χ1n) is 8.32. The molecule has 1 heterocycles. The number of hydrogen-bond donors (Lipinski definition) is 0. The first-order valence-corrected chi connectivity index (χ1v) is 8.32. The van der Waals surface area contributed by atoms with Crippen molar-refractivity contribution in [3.8, 4) is 28.4 Å². The number of carboxylic acids is 1. The van der Waals surface area contributed by atoms with Crippen molar-refractivity contribution in [1.82, 2.24) is 4.57 Å². The lowest BCUT2D eigenvalue weighted by molar-refractivity contribution is -0.305. The number of aliphatic carboxylic acids is 1. The van der Waals surface area contributed by atoms with Crippen molar-refractivity contribution in [3.05, 3.63) is 66.4 Å². The molecule has 0 aliphatic carbocycles. The molecule has 0 bridgehead atoms. The fraction of sp³-hybridized carbons (Fsp3) is 0.190. The highest BCUT2D eigenvalue weighted by atomic mass is 16.5. The Morgan fingerprint density at radius 1 is 1.00 bits per heavy atom. The van der Waals surface area contributed by atoms with Gasteiger partial charge >= 0.3 is 0 Å². The minimum absolute atomic E-state index is 0.0449. The number of rotatable bonds is 7. The summed E-state index contributed by atoms with van der Waals surface area (Å²) in [6, 6.07) is 19.4. The summed E-state index contributed by atoms with van der Waals surface area (Å²) in [7, 11) is 3.20. The molecule has 0 spiro atoms. The molecule has 0 unspecified atom stereocenters. The first-order chi connectivity index (χ1) is 12.6. The summed E-state index contributed by atoms with van der Waals surface area (Å²) in [4.78, 5) is 10.9. The second-order valence-corrected chi connectivity index (χ2v) is 5.82. The number of benzene rings is 2. The average molecular weight is 350 g/mol. The molecule has 0 aliphatic heterocycles. The van der Waals surface area contributed by atoms with E-state index in [1.807, 2.05) is 65.2 Å². The van der Waals surface area contributed by atoms with Crippen LogP contribution in [-0.2, 0) is 11.2 Å². The molecule has 1 aromatic heterocycles. The minimum atomic E-state index is -1.07. The van der Waals surface area contributed by atoms with Gasteiger partial charge in [-0.15, -0.1) is 0 Å². The van der Waals surface area contributed by atoms with E-state index in [0.29, 0.717) is 17.9 Å². The van der Waals surface area contributed by atoms with Crippen molar-refractivity contribution in [2.24, 2.45) is 0 Å². The second-order valence-electron chi connectivity index (χ2n) is 5.82. The van der Waals surface area contributed by atoms with E-state index in [1.165, 1.54) is 0 Å². The molecular weight excluding hydrogens is 330 g/mol. The SMILES string of the molecule is COc1ccc(-n2c(CCC(=O)[O-])ccc2-c2ccccc2)c(OC)c1. The number of methoxy groups -OCH3 is 2. The zero-order chi connectivity index (χ0) is 18.5. The Bertz CT molecular complexity index is 900. The van der Waals surface area contributed by atoms with Gasteiger partial charge in [0.05, 0.1) is 25.6 Å². The summed E-state index contributed by atoms with van der Waals surface area (Å²) in [5.74, 6) is 0.267. The largest absolute Gasteiger partial charge is 0.550 e. The van der Waals surface area contributed by atoms with Crippen LogP contribution in [0.2, 0.25) is 0 Å². The van der Waals surface area contributed by atoms with Crippen molar-refractivity contribution >= 4 is 5.97 Å². The number of ether oxygens (including phenoxy) is 2. The Balaban J connectivity index is 2.17. The molecule has 0 fully saturated rings. The van der Waals surface area contributed by atoms with E-state index in [9.17, 15) is 9.90 Å². The maximum atomic E-state index is 10.9. The molecule has 0 saturated heterocycles. The molecule has 0 N–H and O–H groups in total. The third-order valence-corrected chi connectivity index (χ3v) is 4.24. The number of carboxylic acid groups (broad SMARTS) is 1. The van der Waals surface area contributed by atoms with Gasteiger partial charge in [0, 0.05) is 17.7 Å². The van der Waals surface area contributed by atoms with E-state index in [4.69, 9.17) is 9.47 Å². The fourth-order valence-corrected chi connectivity index (χ4v) is 2.99. The van der Waals surface area contributed by atoms with E-state index in [-0.39, 0.29) is 6.42 Å². The number of hydrogen-bond acceptors (Lipinski definition) is 4. The lowest BCUT2D eigenvalue weighted by atomic mass is 10.1. The Morgan fingerprint density at radius 2 is 1.77 bits per heavy atom. The minimum Gasteiger partial charge on any atom is -0.550 e. The fourth-order valence-electron chi connectivity index (χ4n) is 2.99. The lowest BCUT2D eigenvalue weighted by Gasteiger charge is -2.18. The van der Waals surface area contributed by atoms with Crippen LogP contribution in [0.5, 0.6) is 11.5 Å². The number of nitrogens with zero attached hydrogens (tertiary/aromatic N) is 1. The molecule has 134 valence electrons. The highest BCUT2D eigenvalue weighted by molar-refractivity contribution is 5.68. The van der Waals surface area contributed by atoms with Gasteiger partial charge in [0.25, 0.3) is 0 Å². The topological polar surface area (TPSA) is 63.5 Å². The Hall–Kier alpha value is -3.21. The van der Waals surface area contributed by atoms with Gasteiger partial charge in [-0.3, -0.25) is 0 Å². The highest BCUT2D eigenvalue weighted by Crippen LogP contribution is 2.34. The molecule has 2 aromatic carbocycles. The molecule has 3 rings (SSSR count). The van der Waals surface area contributed by atoms with Gasteiger partial charge in [0.1, 0.15) is 11.5 Å². The maximum absolute atomic E-state index is 10.9. The Kier molecular flexibility index (Phi) is 5.27. The van der Waals surface area contributed by atoms with Crippen LogP contribution in [0.15, 0.2) is 60.7 Å². The zero-order valence-electron chi connectivity index (χ0n) is 14.8. The monoisotopic (exact) mass is 350 g/mol. The van der Waals surface area contributed by atoms with Crippen molar-refractivity contribution in [2.45, 2.75) is 12.8 Å². The Morgan fingerprint density at radius 3 is 2.42 bits per heavy atom. The summed E-state index contributed by atoms with van der Waals surface area (Å²) >= 11 is 0. The van der Waals surface area contributed by atoms with Crippen LogP contribution >= 0.6 is 0 Å². The zero-order valence-corrected chi connectivity index (χ0v) is 14.8. The second kappa shape index (κ2) is 7.78. The van der Waals surface area contributed by atoms with Gasteiger partial charge < -0.3 is 23.9 Å². The quantitative estimate of drug-likeness (QED) is 0.657. The molecule has 0 radical (unpaired) electrons. The number of carbonyl (C=O) groups excluding carboxylic acids is 1. The molecule has 0 amide bonds. The molecule has 26 heavy (non-hydrogen) atoms. The Labute approximate surface area is 152 Å². The predicted molar refractivity (Wildman–Crippen MR) is 97.6 cm³/mol. The normalized spacial score (nSPS) is 10.5. The van der Waals surface area contributed by atoms with Gasteiger partial charge in [0.15, 0.2) is 0 Å². The lowest BCUT2D eigenvalue weighted by Crippen LogP contribution is -2.22. The molecule has 3 aromatic rings. The van der Waals surface area contributed by atoms with Crippen LogP contribution in [-0.4, -0.2) is 24.8 Å². The van der Waals surface area contributed by atoms with Crippen LogP contribution in [0, 0.1) is 0 Å². The van der Waals surface area contributed by atoms with E-state index in [0.717, 1.165) is 22.6 Å². The van der Waals surface area contributed by atoms with E-state index >= 15 is 0 Å². The maximum Gasteiger partial charge on any atom is 0.146 e. The standard InChI is InChI=1S/C21H21NO4/c1-25-17-10-12-19(20(14-17)26-2)22-16(9-13-21(23)24)8-11-18(22)15-6-4-3-5-7-15/h3-8,10-12,14H,9,13H2,1-2H3,(H,23,24)/p-1. The van der Waals surface area contributed by atoms with Crippen LogP contribution in [0.1, 0.15) is 12.1 Å². The molecule has 0 atom stereocenters. The number of carbonyl (C=O) groups is 1. The summed E-state index contributed by atoms with van der Waals surface area (Å²) in [5, 5.41) is 10.9. The first kappa shape index (κ1) is 17.6. The third-order valence-electron chi connectivity index (χ3n) is 4.24. The third kappa shape index (κ3) is 3.57. The van der Waals surface area contributed by atoms with Crippen molar-refractivity contribution in [2.75, 3.05) is 14.2 Å². The van der Waals surface area contributed by atoms with Crippen LogP contribution in [0.25, 0.3) is 16.9 Å². The summed E-state index contributed by atoms with van der Waals surface area (Å²) in [6.07, 6.45) is 0.320. The van der Waals surface area contributed by atoms with Crippen LogP contribution in [0.3, 0.4) is 0 Å². The van der Waals surface area contributed by atoms with E-state index < -0.39 is 5.97 Å². The average Bonchev–Trinajstić information content (AvgIpc) is 3.10. The molecular formula is C21H20NO4-. The van der Waals surface area contributed by atoms with E-state index in [1.54, 1.807) is 14.2 Å². The summed E-state index contributed by atoms with van der Waals surface area (Å²) in [6.45, 7) is 0.